The molecule has 246 valence electrons. The average molecular weight is 644 g/mol. The van der Waals surface area contributed by atoms with Crippen LogP contribution in [0.15, 0.2) is 29.3 Å². The molecule has 1 saturated carbocycles. The number of carbonyl (C=O) groups excluding carboxylic acids is 1. The summed E-state index contributed by atoms with van der Waals surface area (Å²) in [5, 5.41) is 3.77. The molecule has 4 atom stereocenters. The summed E-state index contributed by atoms with van der Waals surface area (Å²) >= 11 is 0. The molecule has 10 heteroatoms. The summed E-state index contributed by atoms with van der Waals surface area (Å²) in [5.41, 5.74) is 2.81. The van der Waals surface area contributed by atoms with Gasteiger partial charge in [0.25, 0.3) is 0 Å². The lowest BCUT2D eigenvalue weighted by Crippen LogP contribution is -2.51. The van der Waals surface area contributed by atoms with Gasteiger partial charge in [-0.25, -0.2) is 9.97 Å². The molecule has 1 aliphatic heterocycles. The van der Waals surface area contributed by atoms with Crippen molar-refractivity contribution in [2.24, 2.45) is 5.92 Å². The van der Waals surface area contributed by atoms with Crippen molar-refractivity contribution in [1.29, 1.82) is 0 Å². The van der Waals surface area contributed by atoms with Crippen molar-refractivity contribution in [2.45, 2.75) is 141 Å². The molecular formula is C34H57N3O5Si2. The van der Waals surface area contributed by atoms with Crippen LogP contribution in [0.3, 0.4) is 0 Å². The Morgan fingerprint density at radius 3 is 2.36 bits per heavy atom. The highest BCUT2D eigenvalue weighted by Crippen LogP contribution is 2.47. The lowest BCUT2D eigenvalue weighted by atomic mass is 10.1. The number of nitrogens with zero attached hydrogens (tertiary/aromatic N) is 2. The molecule has 2 aromatic rings. The lowest BCUT2D eigenvalue weighted by molar-refractivity contribution is 0.0971. The summed E-state index contributed by atoms with van der Waals surface area (Å²) in [6, 6.07) is 1.89. The smallest absolute Gasteiger partial charge is 0.233 e. The van der Waals surface area contributed by atoms with Crippen LogP contribution >= 0.6 is 0 Å². The Hall–Kier alpha value is -1.86. The first-order valence-corrected chi connectivity index (χ1v) is 21.7. The second-order valence-corrected chi connectivity index (χ2v) is 25.7. The first kappa shape index (κ1) is 35.0. The maximum absolute atomic E-state index is 13.6. The molecular weight excluding hydrogens is 587 g/mol. The van der Waals surface area contributed by atoms with E-state index in [0.717, 1.165) is 37.9 Å². The molecule has 44 heavy (non-hydrogen) atoms. The van der Waals surface area contributed by atoms with Crippen LogP contribution in [0, 0.1) is 5.92 Å². The fraction of sp³-hybridized carbons (Fsp3) is 0.735. The van der Waals surface area contributed by atoms with Gasteiger partial charge < -0.3 is 23.3 Å². The Labute approximate surface area is 267 Å². The number of furan rings is 1. The van der Waals surface area contributed by atoms with Gasteiger partial charge in [-0.05, 0) is 66.5 Å². The van der Waals surface area contributed by atoms with Crippen molar-refractivity contribution < 1.29 is 22.8 Å². The summed E-state index contributed by atoms with van der Waals surface area (Å²) in [5.74, 6) is 0.842. The molecule has 4 rings (SSSR count). The Morgan fingerprint density at radius 1 is 1.09 bits per heavy atom. The zero-order valence-electron chi connectivity index (χ0n) is 29.0. The van der Waals surface area contributed by atoms with Gasteiger partial charge >= 0.3 is 0 Å². The Balaban J connectivity index is 1.57. The van der Waals surface area contributed by atoms with Crippen LogP contribution in [-0.4, -0.2) is 57.7 Å². The third-order valence-electron chi connectivity index (χ3n) is 10.6. The molecule has 8 nitrogen and oxygen atoms in total. The third-order valence-corrected chi connectivity index (χ3v) is 21.2. The van der Waals surface area contributed by atoms with Crippen molar-refractivity contribution >= 4 is 28.2 Å². The second-order valence-electron chi connectivity index (χ2n) is 15.5. The molecule has 0 spiro atoms. The molecule has 2 fully saturated rings. The van der Waals surface area contributed by atoms with Gasteiger partial charge in [0.15, 0.2) is 14.1 Å². The van der Waals surface area contributed by atoms with Crippen LogP contribution < -0.4 is 5.32 Å². The molecule has 1 N–H and O–H groups in total. The minimum Gasteiger partial charge on any atom is -0.460 e. The van der Waals surface area contributed by atoms with Crippen LogP contribution in [0.25, 0.3) is 0 Å². The number of aromatic nitrogens is 2. The van der Waals surface area contributed by atoms with E-state index in [1.807, 2.05) is 0 Å². The quantitative estimate of drug-likeness (QED) is 0.171. The van der Waals surface area contributed by atoms with E-state index in [1.165, 1.54) is 6.33 Å². The van der Waals surface area contributed by atoms with Gasteiger partial charge in [-0.2, -0.15) is 0 Å². The standard InChI is InChI=1S/C34H57N3O5Si2/c1-22(2)44(23(3)4,24(5)6)42-30-17-27(15-25(30)20-41-43(10,11)34(7,8)9)37-33-28(18-35-21-36-33)32(38)31-16-26(19-40-31)29-13-12-14-39-29/h16,18-19,21-25,27,29-30H,12-15,17,20H2,1-11H3,(H,35,36,37)/t25-,27-,29-,30+/m1/s1. The number of nitrogens with one attached hydrogen (secondary N) is 1. The summed E-state index contributed by atoms with van der Waals surface area (Å²) in [6.07, 6.45) is 8.47. The summed E-state index contributed by atoms with van der Waals surface area (Å²) in [4.78, 5) is 22.4. The van der Waals surface area contributed by atoms with Crippen LogP contribution in [0.1, 0.15) is 116 Å². The van der Waals surface area contributed by atoms with Crippen LogP contribution in [0.4, 0.5) is 5.82 Å². The minimum atomic E-state index is -2.12. The van der Waals surface area contributed by atoms with E-state index in [0.29, 0.717) is 34.6 Å². The zero-order valence-corrected chi connectivity index (χ0v) is 31.0. The van der Waals surface area contributed by atoms with Crippen molar-refractivity contribution in [3.8, 4) is 0 Å². The van der Waals surface area contributed by atoms with Gasteiger partial charge in [-0.1, -0.05) is 62.3 Å². The van der Waals surface area contributed by atoms with Gasteiger partial charge in [-0.15, -0.1) is 0 Å². The Morgan fingerprint density at radius 2 is 1.77 bits per heavy atom. The van der Waals surface area contributed by atoms with E-state index in [1.54, 1.807) is 18.5 Å². The van der Waals surface area contributed by atoms with E-state index in [4.69, 9.17) is 18.0 Å². The highest BCUT2D eigenvalue weighted by molar-refractivity contribution is 6.77. The van der Waals surface area contributed by atoms with E-state index in [2.05, 4.69) is 90.7 Å². The number of rotatable bonds is 13. The van der Waals surface area contributed by atoms with E-state index in [-0.39, 0.29) is 40.7 Å². The molecule has 3 heterocycles. The zero-order chi connectivity index (χ0) is 32.4. The predicted octanol–water partition coefficient (Wildman–Crippen LogP) is 8.93. The first-order chi connectivity index (χ1) is 20.6. The highest BCUT2D eigenvalue weighted by atomic mass is 28.4. The summed E-state index contributed by atoms with van der Waals surface area (Å²) in [7, 11) is -4.06. The maximum atomic E-state index is 13.6. The molecule has 2 aromatic heterocycles. The van der Waals surface area contributed by atoms with E-state index < -0.39 is 16.6 Å². The fourth-order valence-electron chi connectivity index (χ4n) is 7.14. The number of hydrogen-bond donors (Lipinski definition) is 1. The van der Waals surface area contributed by atoms with Crippen LogP contribution in [-0.2, 0) is 13.6 Å². The molecule has 1 saturated heterocycles. The van der Waals surface area contributed by atoms with Gasteiger partial charge in [0.2, 0.25) is 14.1 Å². The van der Waals surface area contributed by atoms with Gasteiger partial charge in [-0.3, -0.25) is 4.79 Å². The van der Waals surface area contributed by atoms with Crippen LogP contribution in [0.2, 0.25) is 34.8 Å². The molecule has 2 aliphatic rings. The van der Waals surface area contributed by atoms with Crippen molar-refractivity contribution in [3.63, 3.8) is 0 Å². The third kappa shape index (κ3) is 7.40. The number of carbonyl (C=O) groups is 1. The van der Waals surface area contributed by atoms with Crippen molar-refractivity contribution in [2.75, 3.05) is 18.5 Å². The highest BCUT2D eigenvalue weighted by Gasteiger charge is 2.50. The summed E-state index contributed by atoms with van der Waals surface area (Å²) < 4.78 is 25.7. The average Bonchev–Trinajstić information content (AvgIpc) is 3.70. The van der Waals surface area contributed by atoms with Gasteiger partial charge in [0, 0.05) is 36.9 Å². The number of anilines is 1. The topological polar surface area (TPSA) is 95.7 Å². The monoisotopic (exact) mass is 643 g/mol. The normalized spacial score (nSPS) is 23.3. The number of hydrogen-bond acceptors (Lipinski definition) is 8. The Bertz CT molecular complexity index is 1230. The molecule has 0 unspecified atom stereocenters. The van der Waals surface area contributed by atoms with E-state index in [9.17, 15) is 4.79 Å². The SMILES string of the molecule is CC(C)[Si](O[C@H]1C[C@H](Nc2ncncc2C(=O)c2cc([C@H]3CCCO3)co2)C[C@@H]1CO[Si](C)(C)C(C)(C)C)(C(C)C)C(C)C. The Kier molecular flexibility index (Phi) is 11.0. The van der Waals surface area contributed by atoms with E-state index >= 15 is 0 Å². The molecule has 0 radical (unpaired) electrons. The van der Waals surface area contributed by atoms with Crippen molar-refractivity contribution in [1.82, 2.24) is 9.97 Å². The fourth-order valence-corrected chi connectivity index (χ4v) is 13.8. The van der Waals surface area contributed by atoms with Crippen molar-refractivity contribution in [3.05, 3.63) is 41.7 Å². The van der Waals surface area contributed by atoms with Gasteiger partial charge in [0.05, 0.1) is 24.0 Å². The lowest BCUT2D eigenvalue weighted by Gasteiger charge is -2.45. The second kappa shape index (κ2) is 13.9. The number of ketones is 1. The largest absolute Gasteiger partial charge is 0.460 e. The van der Waals surface area contributed by atoms with Gasteiger partial charge in [0.1, 0.15) is 12.1 Å². The maximum Gasteiger partial charge on any atom is 0.233 e. The summed E-state index contributed by atoms with van der Waals surface area (Å²) in [6.45, 7) is 27.0. The molecule has 1 aliphatic carbocycles. The molecule has 0 aromatic carbocycles. The minimum absolute atomic E-state index is 0.0102. The predicted molar refractivity (Wildman–Crippen MR) is 181 cm³/mol. The molecule has 0 amide bonds. The first-order valence-electron chi connectivity index (χ1n) is 16.7. The van der Waals surface area contributed by atoms with Crippen LogP contribution in [0.5, 0.6) is 0 Å². The number of ether oxygens (including phenoxy) is 1. The molecule has 0 bridgehead atoms.